The maximum atomic E-state index is 13.6. The minimum absolute atomic E-state index is 0.197. The molecule has 3 aromatic rings. The number of para-hydroxylation sites is 1. The van der Waals surface area contributed by atoms with Crippen molar-refractivity contribution in [2.45, 2.75) is 30.7 Å². The van der Waals surface area contributed by atoms with E-state index in [2.05, 4.69) is 0 Å². The van der Waals surface area contributed by atoms with Gasteiger partial charge in [0.2, 0.25) is 0 Å². The van der Waals surface area contributed by atoms with Crippen molar-refractivity contribution in [1.29, 1.82) is 0 Å². The summed E-state index contributed by atoms with van der Waals surface area (Å²) < 4.78 is 28.8. The topological polar surface area (TPSA) is 37.4 Å². The van der Waals surface area contributed by atoms with Gasteiger partial charge in [0.1, 0.15) is 0 Å². The molecule has 0 saturated carbocycles. The molecule has 1 aliphatic heterocycles. The molecule has 4 rings (SSSR count). The average Bonchev–Trinajstić information content (AvgIpc) is 2.68. The number of hydrogen-bond acceptors (Lipinski definition) is 2. The zero-order chi connectivity index (χ0) is 18.1. The molecule has 1 unspecified atom stereocenters. The van der Waals surface area contributed by atoms with E-state index in [4.69, 9.17) is 0 Å². The van der Waals surface area contributed by atoms with Crippen molar-refractivity contribution >= 4 is 15.7 Å². The summed E-state index contributed by atoms with van der Waals surface area (Å²) in [5, 5.41) is 0. The zero-order valence-electron chi connectivity index (χ0n) is 14.7. The fraction of sp³-hybridized carbons (Fsp3) is 0.182. The van der Waals surface area contributed by atoms with Crippen LogP contribution >= 0.6 is 0 Å². The fourth-order valence-electron chi connectivity index (χ4n) is 3.61. The molecule has 0 aliphatic carbocycles. The molecule has 0 aromatic heterocycles. The molecule has 1 heterocycles. The first-order valence-corrected chi connectivity index (χ1v) is 10.3. The van der Waals surface area contributed by atoms with Crippen LogP contribution in [0.5, 0.6) is 0 Å². The van der Waals surface area contributed by atoms with Gasteiger partial charge in [0.05, 0.1) is 16.6 Å². The van der Waals surface area contributed by atoms with Crippen LogP contribution in [0.2, 0.25) is 0 Å². The van der Waals surface area contributed by atoms with Crippen LogP contribution in [-0.2, 0) is 16.4 Å². The van der Waals surface area contributed by atoms with Crippen LogP contribution < -0.4 is 4.31 Å². The predicted octanol–water partition coefficient (Wildman–Crippen LogP) is 4.88. The monoisotopic (exact) mass is 363 g/mol. The number of benzene rings is 3. The van der Waals surface area contributed by atoms with Gasteiger partial charge >= 0.3 is 0 Å². The van der Waals surface area contributed by atoms with Crippen molar-refractivity contribution in [3.8, 4) is 0 Å². The molecule has 0 bridgehead atoms. The second-order valence-electron chi connectivity index (χ2n) is 6.71. The van der Waals surface area contributed by atoms with Crippen LogP contribution in [0.3, 0.4) is 0 Å². The molecule has 0 spiro atoms. The summed E-state index contributed by atoms with van der Waals surface area (Å²) in [5.74, 6) is 0. The summed E-state index contributed by atoms with van der Waals surface area (Å²) in [7, 11) is -3.66. The molecular formula is C22H21NO2S. The summed E-state index contributed by atoms with van der Waals surface area (Å²) in [4.78, 5) is 0.334. The third-order valence-corrected chi connectivity index (χ3v) is 6.80. The summed E-state index contributed by atoms with van der Waals surface area (Å²) in [6, 6.07) is 24.6. The Morgan fingerprint density at radius 1 is 0.846 bits per heavy atom. The number of sulfonamides is 1. The van der Waals surface area contributed by atoms with E-state index in [0.29, 0.717) is 4.90 Å². The summed E-state index contributed by atoms with van der Waals surface area (Å²) in [6.45, 7) is 1.96. The molecule has 1 aliphatic rings. The Kier molecular flexibility index (Phi) is 4.29. The fourth-order valence-corrected chi connectivity index (χ4v) is 5.32. The van der Waals surface area contributed by atoms with Gasteiger partial charge in [-0.2, -0.15) is 0 Å². The lowest BCUT2D eigenvalue weighted by molar-refractivity contribution is 0.557. The van der Waals surface area contributed by atoms with E-state index >= 15 is 0 Å². The van der Waals surface area contributed by atoms with Gasteiger partial charge in [-0.25, -0.2) is 8.42 Å². The van der Waals surface area contributed by atoms with Crippen LogP contribution in [0.1, 0.15) is 29.2 Å². The highest BCUT2D eigenvalue weighted by Gasteiger charge is 2.36. The molecule has 0 saturated heterocycles. The number of hydrogen-bond donors (Lipinski definition) is 0. The van der Waals surface area contributed by atoms with Gasteiger partial charge in [-0.3, -0.25) is 4.31 Å². The van der Waals surface area contributed by atoms with Crippen LogP contribution in [0.25, 0.3) is 0 Å². The van der Waals surface area contributed by atoms with Gasteiger partial charge < -0.3 is 0 Å². The number of anilines is 1. The Balaban J connectivity index is 1.89. The first-order chi connectivity index (χ1) is 12.6. The van der Waals surface area contributed by atoms with Gasteiger partial charge in [0, 0.05) is 0 Å². The third kappa shape index (κ3) is 2.90. The van der Waals surface area contributed by atoms with Gasteiger partial charge in [-0.15, -0.1) is 0 Å². The van der Waals surface area contributed by atoms with E-state index < -0.39 is 10.0 Å². The van der Waals surface area contributed by atoms with Crippen molar-refractivity contribution < 1.29 is 8.42 Å². The standard InChI is InChI=1S/C22H21NO2S/c1-17-11-14-20(15-12-17)26(24,25)23-21-10-6-5-9-19(21)13-16-22(23)18-7-3-2-4-8-18/h2-12,14-15,22H,13,16H2,1H3. The van der Waals surface area contributed by atoms with E-state index in [0.717, 1.165) is 35.2 Å². The number of rotatable bonds is 3. The van der Waals surface area contributed by atoms with E-state index in [-0.39, 0.29) is 6.04 Å². The highest BCUT2D eigenvalue weighted by molar-refractivity contribution is 7.92. The Labute approximate surface area is 155 Å². The molecule has 132 valence electrons. The largest absolute Gasteiger partial charge is 0.264 e. The minimum Gasteiger partial charge on any atom is -0.259 e. The third-order valence-electron chi connectivity index (χ3n) is 4.96. The molecule has 26 heavy (non-hydrogen) atoms. The molecule has 4 heteroatoms. The molecule has 1 atom stereocenters. The van der Waals surface area contributed by atoms with Crippen LogP contribution in [0.15, 0.2) is 83.8 Å². The lowest BCUT2D eigenvalue weighted by Crippen LogP contribution is -2.38. The van der Waals surface area contributed by atoms with Gasteiger partial charge in [-0.1, -0.05) is 66.2 Å². The quantitative estimate of drug-likeness (QED) is 0.665. The van der Waals surface area contributed by atoms with Crippen LogP contribution in [-0.4, -0.2) is 8.42 Å². The minimum atomic E-state index is -3.66. The number of fused-ring (bicyclic) bond motifs is 1. The van der Waals surface area contributed by atoms with Crippen molar-refractivity contribution in [2.75, 3.05) is 4.31 Å². The highest BCUT2D eigenvalue weighted by atomic mass is 32.2. The van der Waals surface area contributed by atoms with Crippen LogP contribution in [0, 0.1) is 6.92 Å². The van der Waals surface area contributed by atoms with E-state index in [1.807, 2.05) is 73.7 Å². The van der Waals surface area contributed by atoms with Gasteiger partial charge in [0.15, 0.2) is 0 Å². The van der Waals surface area contributed by atoms with Gasteiger partial charge in [0.25, 0.3) is 10.0 Å². The first-order valence-electron chi connectivity index (χ1n) is 8.81. The molecule has 0 amide bonds. The maximum Gasteiger partial charge on any atom is 0.264 e. The van der Waals surface area contributed by atoms with Crippen molar-refractivity contribution in [3.05, 3.63) is 95.6 Å². The Morgan fingerprint density at radius 3 is 2.23 bits per heavy atom. The normalized spacial score (nSPS) is 17.0. The Bertz CT molecular complexity index is 1010. The van der Waals surface area contributed by atoms with Gasteiger partial charge in [-0.05, 0) is 49.1 Å². The second-order valence-corrected chi connectivity index (χ2v) is 8.52. The van der Waals surface area contributed by atoms with Crippen molar-refractivity contribution in [1.82, 2.24) is 0 Å². The smallest absolute Gasteiger partial charge is 0.259 e. The zero-order valence-corrected chi connectivity index (χ0v) is 15.5. The number of aryl methyl sites for hydroxylation is 2. The van der Waals surface area contributed by atoms with Crippen LogP contribution in [0.4, 0.5) is 5.69 Å². The van der Waals surface area contributed by atoms with E-state index in [1.165, 1.54) is 0 Å². The maximum absolute atomic E-state index is 13.6. The van der Waals surface area contributed by atoms with Crippen molar-refractivity contribution in [3.63, 3.8) is 0 Å². The lowest BCUT2D eigenvalue weighted by atomic mass is 9.93. The Morgan fingerprint density at radius 2 is 1.50 bits per heavy atom. The highest BCUT2D eigenvalue weighted by Crippen LogP contribution is 2.42. The second kappa shape index (κ2) is 6.61. The van der Waals surface area contributed by atoms with E-state index in [9.17, 15) is 8.42 Å². The molecule has 3 aromatic carbocycles. The molecule has 3 nitrogen and oxygen atoms in total. The first kappa shape index (κ1) is 16.9. The molecule has 0 fully saturated rings. The molecule has 0 N–H and O–H groups in total. The van der Waals surface area contributed by atoms with E-state index in [1.54, 1.807) is 16.4 Å². The summed E-state index contributed by atoms with van der Waals surface area (Å²) in [5.41, 5.74) is 3.93. The summed E-state index contributed by atoms with van der Waals surface area (Å²) >= 11 is 0. The number of nitrogens with zero attached hydrogens (tertiary/aromatic N) is 1. The predicted molar refractivity (Wildman–Crippen MR) is 105 cm³/mol. The SMILES string of the molecule is Cc1ccc(S(=O)(=O)N2c3ccccc3CCC2c2ccccc2)cc1. The lowest BCUT2D eigenvalue weighted by Gasteiger charge is -2.38. The van der Waals surface area contributed by atoms with Crippen molar-refractivity contribution in [2.24, 2.45) is 0 Å². The average molecular weight is 363 g/mol. The molecule has 0 radical (unpaired) electrons. The Hall–Kier alpha value is -2.59. The molecular weight excluding hydrogens is 342 g/mol. The summed E-state index contributed by atoms with van der Waals surface area (Å²) in [6.07, 6.45) is 1.64.